The first-order valence-corrected chi connectivity index (χ1v) is 4.39. The first-order chi connectivity index (χ1) is 5.77. The fourth-order valence-electron chi connectivity index (χ4n) is 0.786. The van der Waals surface area contributed by atoms with Crippen LogP contribution in [0.5, 0.6) is 11.6 Å². The van der Waals surface area contributed by atoms with E-state index in [-0.39, 0.29) is 0 Å². The Labute approximate surface area is 79.8 Å². The van der Waals surface area contributed by atoms with Crippen molar-refractivity contribution < 1.29 is 9.47 Å². The molecular weight excluding hydrogens is 222 g/mol. The molecule has 0 fully saturated rings. The summed E-state index contributed by atoms with van der Waals surface area (Å²) in [5.74, 6) is 1.31. The fourth-order valence-corrected chi connectivity index (χ4v) is 1.16. The van der Waals surface area contributed by atoms with Crippen molar-refractivity contribution in [1.29, 1.82) is 0 Å². The summed E-state index contributed by atoms with van der Waals surface area (Å²) in [6, 6.07) is 1.74. The van der Waals surface area contributed by atoms with Gasteiger partial charge in [-0.3, -0.25) is 0 Å². The Morgan fingerprint density at radius 3 is 2.92 bits per heavy atom. The minimum absolute atomic E-state index is 0.581. The normalized spacial score (nSPS) is 9.58. The van der Waals surface area contributed by atoms with E-state index in [1.54, 1.807) is 19.4 Å². The molecule has 0 radical (unpaired) electrons. The van der Waals surface area contributed by atoms with Crippen LogP contribution in [0.2, 0.25) is 0 Å². The van der Waals surface area contributed by atoms with Crippen LogP contribution in [-0.4, -0.2) is 18.7 Å². The van der Waals surface area contributed by atoms with Gasteiger partial charge in [0.05, 0.1) is 18.2 Å². The molecule has 0 saturated carbocycles. The van der Waals surface area contributed by atoms with Crippen LogP contribution in [0, 0.1) is 0 Å². The third kappa shape index (κ3) is 2.11. The number of halogens is 1. The van der Waals surface area contributed by atoms with Crippen LogP contribution >= 0.6 is 15.9 Å². The molecule has 66 valence electrons. The molecular formula is C8H10BrNO2. The lowest BCUT2D eigenvalue weighted by Gasteiger charge is -2.05. The van der Waals surface area contributed by atoms with E-state index >= 15 is 0 Å². The van der Waals surface area contributed by atoms with Crippen LogP contribution < -0.4 is 9.47 Å². The van der Waals surface area contributed by atoms with E-state index < -0.39 is 0 Å². The highest BCUT2D eigenvalue weighted by molar-refractivity contribution is 9.10. The van der Waals surface area contributed by atoms with E-state index in [1.807, 2.05) is 6.92 Å². The van der Waals surface area contributed by atoms with Gasteiger partial charge in [-0.2, -0.15) is 0 Å². The lowest BCUT2D eigenvalue weighted by molar-refractivity contribution is 0.322. The van der Waals surface area contributed by atoms with Gasteiger partial charge in [-0.15, -0.1) is 0 Å². The zero-order valence-electron chi connectivity index (χ0n) is 7.00. The van der Waals surface area contributed by atoms with Crippen LogP contribution in [0.1, 0.15) is 6.92 Å². The van der Waals surface area contributed by atoms with Crippen LogP contribution in [0.3, 0.4) is 0 Å². The van der Waals surface area contributed by atoms with Crippen LogP contribution in [0.25, 0.3) is 0 Å². The molecule has 1 rings (SSSR count). The molecule has 4 heteroatoms. The predicted molar refractivity (Wildman–Crippen MR) is 49.7 cm³/mol. The summed E-state index contributed by atoms with van der Waals surface area (Å²) in [5.41, 5.74) is 0. The lowest BCUT2D eigenvalue weighted by atomic mass is 10.4. The standard InChI is InChI=1S/C8H10BrNO2/c1-3-12-8-4-7(11-2)6(9)5-10-8/h4-5H,3H2,1-2H3. The monoisotopic (exact) mass is 231 g/mol. The van der Waals surface area contributed by atoms with Crippen molar-refractivity contribution in [1.82, 2.24) is 4.98 Å². The maximum atomic E-state index is 5.19. The molecule has 0 aliphatic rings. The highest BCUT2D eigenvalue weighted by atomic mass is 79.9. The number of pyridine rings is 1. The maximum Gasteiger partial charge on any atom is 0.217 e. The van der Waals surface area contributed by atoms with Crippen molar-refractivity contribution in [2.45, 2.75) is 6.92 Å². The SMILES string of the molecule is CCOc1cc(OC)c(Br)cn1. The minimum Gasteiger partial charge on any atom is -0.495 e. The number of rotatable bonds is 3. The van der Waals surface area contributed by atoms with E-state index in [1.165, 1.54) is 0 Å². The second-order valence-corrected chi connectivity index (χ2v) is 2.94. The number of aromatic nitrogens is 1. The number of hydrogen-bond donors (Lipinski definition) is 0. The highest BCUT2D eigenvalue weighted by Gasteiger charge is 2.02. The Hall–Kier alpha value is -0.770. The van der Waals surface area contributed by atoms with Crippen molar-refractivity contribution in [3.8, 4) is 11.6 Å². The Bertz CT molecular complexity index is 265. The summed E-state index contributed by atoms with van der Waals surface area (Å²) in [4.78, 5) is 4.03. The molecule has 3 nitrogen and oxygen atoms in total. The predicted octanol–water partition coefficient (Wildman–Crippen LogP) is 2.25. The summed E-state index contributed by atoms with van der Waals surface area (Å²) in [7, 11) is 1.61. The molecule has 0 aromatic carbocycles. The highest BCUT2D eigenvalue weighted by Crippen LogP contribution is 2.26. The number of hydrogen-bond acceptors (Lipinski definition) is 3. The van der Waals surface area contributed by atoms with Gasteiger partial charge >= 0.3 is 0 Å². The van der Waals surface area contributed by atoms with Gasteiger partial charge in [-0.25, -0.2) is 4.98 Å². The zero-order chi connectivity index (χ0) is 8.97. The maximum absolute atomic E-state index is 5.19. The van der Waals surface area contributed by atoms with E-state index in [9.17, 15) is 0 Å². The molecule has 0 atom stereocenters. The van der Waals surface area contributed by atoms with Crippen molar-refractivity contribution in [3.05, 3.63) is 16.7 Å². The Morgan fingerprint density at radius 2 is 2.33 bits per heavy atom. The average molecular weight is 232 g/mol. The van der Waals surface area contributed by atoms with Crippen molar-refractivity contribution in [2.24, 2.45) is 0 Å². The van der Waals surface area contributed by atoms with Gasteiger partial charge < -0.3 is 9.47 Å². The molecule has 1 heterocycles. The van der Waals surface area contributed by atoms with Crippen LogP contribution in [0.4, 0.5) is 0 Å². The average Bonchev–Trinajstić information content (AvgIpc) is 2.09. The van der Waals surface area contributed by atoms with Gasteiger partial charge in [-0.1, -0.05) is 0 Å². The first-order valence-electron chi connectivity index (χ1n) is 3.60. The number of nitrogens with zero attached hydrogens (tertiary/aromatic N) is 1. The molecule has 1 aromatic heterocycles. The number of ether oxygens (including phenoxy) is 2. The largest absolute Gasteiger partial charge is 0.495 e. The van der Waals surface area contributed by atoms with Gasteiger partial charge in [-0.05, 0) is 22.9 Å². The topological polar surface area (TPSA) is 31.4 Å². The first kappa shape index (κ1) is 9.32. The fraction of sp³-hybridized carbons (Fsp3) is 0.375. The number of methoxy groups -OCH3 is 1. The quantitative estimate of drug-likeness (QED) is 0.800. The zero-order valence-corrected chi connectivity index (χ0v) is 8.59. The molecule has 0 bridgehead atoms. The Balaban J connectivity index is 2.89. The van der Waals surface area contributed by atoms with E-state index in [2.05, 4.69) is 20.9 Å². The van der Waals surface area contributed by atoms with Crippen LogP contribution in [0.15, 0.2) is 16.7 Å². The van der Waals surface area contributed by atoms with Gasteiger partial charge in [0.2, 0.25) is 5.88 Å². The van der Waals surface area contributed by atoms with Crippen molar-refractivity contribution in [2.75, 3.05) is 13.7 Å². The summed E-state index contributed by atoms with van der Waals surface area (Å²) < 4.78 is 11.1. The molecule has 0 aliphatic carbocycles. The third-order valence-electron chi connectivity index (χ3n) is 1.31. The summed E-state index contributed by atoms with van der Waals surface area (Å²) in [6.07, 6.45) is 1.66. The Kier molecular flexibility index (Phi) is 3.34. The lowest BCUT2D eigenvalue weighted by Crippen LogP contribution is -1.95. The molecule has 0 aliphatic heterocycles. The van der Waals surface area contributed by atoms with Gasteiger partial charge in [0.25, 0.3) is 0 Å². The molecule has 12 heavy (non-hydrogen) atoms. The molecule has 0 saturated heterocycles. The Morgan fingerprint density at radius 1 is 1.58 bits per heavy atom. The molecule has 0 spiro atoms. The van der Waals surface area contributed by atoms with Crippen molar-refractivity contribution in [3.63, 3.8) is 0 Å². The van der Waals surface area contributed by atoms with E-state index in [0.29, 0.717) is 12.5 Å². The smallest absolute Gasteiger partial charge is 0.217 e. The summed E-state index contributed by atoms with van der Waals surface area (Å²) in [5, 5.41) is 0. The minimum atomic E-state index is 0.581. The van der Waals surface area contributed by atoms with Gasteiger partial charge in [0.15, 0.2) is 0 Å². The second kappa shape index (κ2) is 4.30. The third-order valence-corrected chi connectivity index (χ3v) is 1.90. The second-order valence-electron chi connectivity index (χ2n) is 2.09. The molecule has 1 aromatic rings. The van der Waals surface area contributed by atoms with E-state index in [4.69, 9.17) is 9.47 Å². The van der Waals surface area contributed by atoms with E-state index in [0.717, 1.165) is 10.2 Å². The van der Waals surface area contributed by atoms with Crippen LogP contribution in [-0.2, 0) is 0 Å². The molecule has 0 unspecified atom stereocenters. The summed E-state index contributed by atoms with van der Waals surface area (Å²) >= 11 is 3.30. The summed E-state index contributed by atoms with van der Waals surface area (Å²) in [6.45, 7) is 2.52. The molecule has 0 amide bonds. The van der Waals surface area contributed by atoms with Gasteiger partial charge in [0, 0.05) is 12.3 Å². The molecule has 0 N–H and O–H groups in total. The van der Waals surface area contributed by atoms with Crippen molar-refractivity contribution >= 4 is 15.9 Å². The van der Waals surface area contributed by atoms with Gasteiger partial charge in [0.1, 0.15) is 5.75 Å².